The lowest BCUT2D eigenvalue weighted by molar-refractivity contribution is -0.132. The summed E-state index contributed by atoms with van der Waals surface area (Å²) in [6, 6.07) is 6.24. The third kappa shape index (κ3) is 4.13. The lowest BCUT2D eigenvalue weighted by atomic mass is 9.94. The summed E-state index contributed by atoms with van der Waals surface area (Å²) in [5, 5.41) is 2.77. The average molecular weight is 384 g/mol. The smallest absolute Gasteiger partial charge is 0.246 e. The van der Waals surface area contributed by atoms with E-state index in [1.54, 1.807) is 0 Å². The number of rotatable bonds is 6. The predicted octanol–water partition coefficient (Wildman–Crippen LogP) is 2.57. The van der Waals surface area contributed by atoms with Gasteiger partial charge in [-0.25, -0.2) is 4.99 Å². The number of nitrogens with one attached hydrogen (secondary N) is 1. The van der Waals surface area contributed by atoms with Crippen LogP contribution in [0.4, 0.5) is 5.69 Å². The molecular formula is C21H28N4O3. The fraction of sp³-hybridized carbons (Fsp3) is 0.571. The molecule has 0 atom stereocenters. The van der Waals surface area contributed by atoms with Gasteiger partial charge in [-0.1, -0.05) is 25.3 Å². The highest BCUT2D eigenvalue weighted by molar-refractivity contribution is 6.05. The Morgan fingerprint density at radius 3 is 2.93 bits per heavy atom. The highest BCUT2D eigenvalue weighted by Crippen LogP contribution is 2.31. The van der Waals surface area contributed by atoms with Crippen LogP contribution in [0.3, 0.4) is 0 Å². The molecule has 4 rings (SSSR count). The van der Waals surface area contributed by atoms with Crippen LogP contribution in [0.2, 0.25) is 0 Å². The normalized spacial score (nSPS) is 18.8. The second-order valence-corrected chi connectivity index (χ2v) is 7.88. The zero-order valence-corrected chi connectivity index (χ0v) is 16.4. The van der Waals surface area contributed by atoms with Crippen molar-refractivity contribution in [2.45, 2.75) is 57.5 Å². The Morgan fingerprint density at radius 1 is 1.29 bits per heavy atom. The molecule has 1 aromatic carbocycles. The van der Waals surface area contributed by atoms with Crippen LogP contribution >= 0.6 is 0 Å². The minimum absolute atomic E-state index is 0.0223. The summed E-state index contributed by atoms with van der Waals surface area (Å²) >= 11 is 0. The van der Waals surface area contributed by atoms with Gasteiger partial charge in [0.15, 0.2) is 0 Å². The van der Waals surface area contributed by atoms with Crippen LogP contribution in [0.25, 0.3) is 0 Å². The van der Waals surface area contributed by atoms with Crippen molar-refractivity contribution in [3.05, 3.63) is 23.8 Å². The third-order valence-electron chi connectivity index (χ3n) is 5.85. The molecule has 0 aromatic heterocycles. The molecule has 2 aliphatic heterocycles. The summed E-state index contributed by atoms with van der Waals surface area (Å²) in [4.78, 5) is 32.3. The number of hydrogen-bond donors (Lipinski definition) is 1. The van der Waals surface area contributed by atoms with Gasteiger partial charge in [0.05, 0.1) is 12.3 Å². The maximum absolute atomic E-state index is 12.4. The van der Waals surface area contributed by atoms with Crippen LogP contribution < -0.4 is 10.1 Å². The van der Waals surface area contributed by atoms with E-state index in [4.69, 9.17) is 4.74 Å². The van der Waals surface area contributed by atoms with E-state index in [0.717, 1.165) is 29.8 Å². The standard InChI is InChI=1S/C21H28N4O3/c1-24(16-6-3-2-4-7-16)20(27)8-5-11-28-17-10-9-15-13-25-14-19(26)23-21(25)22-18(15)12-17/h9-10,12,16H,2-8,11,13-14H2,1H3,(H,22,23,26). The summed E-state index contributed by atoms with van der Waals surface area (Å²) in [6.45, 7) is 1.54. The highest BCUT2D eigenvalue weighted by Gasteiger charge is 2.29. The Hall–Kier alpha value is -2.57. The molecule has 0 spiro atoms. The topological polar surface area (TPSA) is 74.2 Å². The van der Waals surface area contributed by atoms with Gasteiger partial charge in [-0.3, -0.25) is 14.9 Å². The second-order valence-electron chi connectivity index (χ2n) is 7.88. The van der Waals surface area contributed by atoms with E-state index in [1.165, 1.54) is 19.3 Å². The van der Waals surface area contributed by atoms with E-state index in [0.29, 0.717) is 44.5 Å². The molecule has 2 amide bonds. The Kier molecular flexibility index (Phi) is 5.50. The fourth-order valence-corrected chi connectivity index (χ4v) is 4.17. The zero-order valence-electron chi connectivity index (χ0n) is 16.4. The summed E-state index contributed by atoms with van der Waals surface area (Å²) < 4.78 is 5.84. The number of aliphatic imine (C=N–C) groups is 1. The minimum Gasteiger partial charge on any atom is -0.494 e. The molecule has 0 bridgehead atoms. The lowest BCUT2D eigenvalue weighted by Crippen LogP contribution is -2.38. The predicted molar refractivity (Wildman–Crippen MR) is 106 cm³/mol. The van der Waals surface area contributed by atoms with Crippen molar-refractivity contribution in [1.29, 1.82) is 0 Å². The lowest BCUT2D eigenvalue weighted by Gasteiger charge is -2.31. The van der Waals surface area contributed by atoms with Gasteiger partial charge in [0, 0.05) is 32.1 Å². The Balaban J connectivity index is 1.25. The Labute approximate surface area is 165 Å². The summed E-state index contributed by atoms with van der Waals surface area (Å²) in [5.74, 6) is 1.55. The van der Waals surface area contributed by atoms with E-state index in [1.807, 2.05) is 35.0 Å². The summed E-state index contributed by atoms with van der Waals surface area (Å²) in [6.07, 6.45) is 7.24. The van der Waals surface area contributed by atoms with Gasteiger partial charge in [0.1, 0.15) is 12.3 Å². The van der Waals surface area contributed by atoms with Gasteiger partial charge in [0.25, 0.3) is 0 Å². The van der Waals surface area contributed by atoms with E-state index in [-0.39, 0.29) is 11.8 Å². The number of amides is 2. The highest BCUT2D eigenvalue weighted by atomic mass is 16.5. The monoisotopic (exact) mass is 384 g/mol. The number of fused-ring (bicyclic) bond motifs is 2. The minimum atomic E-state index is -0.0223. The van der Waals surface area contributed by atoms with E-state index in [2.05, 4.69) is 10.3 Å². The molecule has 2 heterocycles. The number of benzene rings is 1. The van der Waals surface area contributed by atoms with Crippen LogP contribution in [0.5, 0.6) is 5.75 Å². The van der Waals surface area contributed by atoms with Crippen molar-refractivity contribution in [3.63, 3.8) is 0 Å². The second kappa shape index (κ2) is 8.20. The molecule has 28 heavy (non-hydrogen) atoms. The summed E-state index contributed by atoms with van der Waals surface area (Å²) in [7, 11) is 1.94. The van der Waals surface area contributed by atoms with Gasteiger partial charge < -0.3 is 14.5 Å². The maximum atomic E-state index is 12.4. The molecule has 1 aliphatic carbocycles. The molecule has 2 fully saturated rings. The fourth-order valence-electron chi connectivity index (χ4n) is 4.17. The molecule has 1 saturated heterocycles. The van der Waals surface area contributed by atoms with Crippen LogP contribution in [-0.2, 0) is 16.1 Å². The zero-order chi connectivity index (χ0) is 19.5. The van der Waals surface area contributed by atoms with E-state index >= 15 is 0 Å². The molecule has 7 heteroatoms. The molecule has 1 N–H and O–H groups in total. The number of ether oxygens (including phenoxy) is 1. The Morgan fingerprint density at radius 2 is 2.11 bits per heavy atom. The van der Waals surface area contributed by atoms with Gasteiger partial charge >= 0.3 is 0 Å². The van der Waals surface area contributed by atoms with Crippen LogP contribution in [0.15, 0.2) is 23.2 Å². The molecule has 0 radical (unpaired) electrons. The molecule has 7 nitrogen and oxygen atoms in total. The van der Waals surface area contributed by atoms with E-state index in [9.17, 15) is 9.59 Å². The third-order valence-corrected chi connectivity index (χ3v) is 5.85. The number of nitrogens with zero attached hydrogens (tertiary/aromatic N) is 3. The van der Waals surface area contributed by atoms with Gasteiger partial charge in [0.2, 0.25) is 17.8 Å². The van der Waals surface area contributed by atoms with Crippen molar-refractivity contribution in [2.24, 2.45) is 4.99 Å². The molecule has 1 aromatic rings. The van der Waals surface area contributed by atoms with Crippen molar-refractivity contribution in [1.82, 2.24) is 15.1 Å². The number of hydrogen-bond acceptors (Lipinski definition) is 5. The molecule has 150 valence electrons. The first kappa shape index (κ1) is 18.8. The molecular weight excluding hydrogens is 356 g/mol. The SMILES string of the molecule is CN(C(=O)CCCOc1ccc2c(c1)N=C1NC(=O)CN1C2)C1CCCCC1. The number of carbonyl (C=O) groups is 2. The van der Waals surface area contributed by atoms with Crippen molar-refractivity contribution in [3.8, 4) is 5.75 Å². The first-order valence-corrected chi connectivity index (χ1v) is 10.2. The first-order chi connectivity index (χ1) is 13.6. The maximum Gasteiger partial charge on any atom is 0.246 e. The molecule has 3 aliphatic rings. The summed E-state index contributed by atoms with van der Waals surface area (Å²) in [5.41, 5.74) is 1.91. The van der Waals surface area contributed by atoms with Crippen molar-refractivity contribution in [2.75, 3.05) is 20.2 Å². The number of guanidine groups is 1. The Bertz CT molecular complexity index is 786. The number of carbonyl (C=O) groups excluding carboxylic acids is 2. The van der Waals surface area contributed by atoms with Gasteiger partial charge in [-0.2, -0.15) is 0 Å². The van der Waals surface area contributed by atoms with Crippen molar-refractivity contribution >= 4 is 23.5 Å². The van der Waals surface area contributed by atoms with E-state index < -0.39 is 0 Å². The van der Waals surface area contributed by atoms with Crippen LogP contribution in [0.1, 0.15) is 50.5 Å². The van der Waals surface area contributed by atoms with Gasteiger partial charge in [-0.15, -0.1) is 0 Å². The average Bonchev–Trinajstić information content (AvgIpc) is 3.08. The molecule has 0 unspecified atom stereocenters. The van der Waals surface area contributed by atoms with Crippen LogP contribution in [0, 0.1) is 0 Å². The van der Waals surface area contributed by atoms with Gasteiger partial charge in [-0.05, 0) is 30.9 Å². The van der Waals surface area contributed by atoms with Crippen molar-refractivity contribution < 1.29 is 14.3 Å². The van der Waals surface area contributed by atoms with Crippen LogP contribution in [-0.4, -0.2) is 53.8 Å². The largest absolute Gasteiger partial charge is 0.494 e. The quantitative estimate of drug-likeness (QED) is 0.765. The first-order valence-electron chi connectivity index (χ1n) is 10.2. The molecule has 1 saturated carbocycles.